The van der Waals surface area contributed by atoms with Gasteiger partial charge in [-0.15, -0.1) is 0 Å². The summed E-state index contributed by atoms with van der Waals surface area (Å²) in [4.78, 5) is 3.93. The average molecular weight is 207 g/mol. The van der Waals surface area contributed by atoms with E-state index in [0.717, 1.165) is 11.4 Å². The molecule has 0 bridgehead atoms. The highest BCUT2D eigenvalue weighted by Gasteiger charge is 1.96. The summed E-state index contributed by atoms with van der Waals surface area (Å²) >= 11 is 4.87. The van der Waals surface area contributed by atoms with E-state index in [4.69, 9.17) is 17.0 Å². The first-order valence-electron chi connectivity index (χ1n) is 4.08. The minimum absolute atomic E-state index is 0.473. The number of rotatable bonds is 2. The van der Waals surface area contributed by atoms with Crippen molar-refractivity contribution in [3.63, 3.8) is 0 Å². The Balaban J connectivity index is 2.38. The second-order valence-electron chi connectivity index (χ2n) is 2.73. The summed E-state index contributed by atoms with van der Waals surface area (Å²) < 4.78 is 7.28. The molecular weight excluding hydrogens is 198 g/mol. The number of methoxy groups -OCH3 is 1. The lowest BCUT2D eigenvalue weighted by Crippen LogP contribution is -1.94. The van der Waals surface area contributed by atoms with Gasteiger partial charge in [0.2, 0.25) is 4.77 Å². The number of nitrogens with one attached hydrogen (secondary N) is 1. The molecule has 0 amide bonds. The highest BCUT2D eigenvalue weighted by Crippen LogP contribution is 2.13. The summed E-state index contributed by atoms with van der Waals surface area (Å²) in [6.07, 6.45) is 1.64. The maximum atomic E-state index is 5.05. The van der Waals surface area contributed by atoms with Crippen molar-refractivity contribution in [3.8, 4) is 11.4 Å². The smallest absolute Gasteiger partial charge is 0.213 e. The Kier molecular flexibility index (Phi) is 2.32. The predicted octanol–water partition coefficient (Wildman–Crippen LogP) is 1.94. The van der Waals surface area contributed by atoms with Crippen molar-refractivity contribution in [1.82, 2.24) is 14.8 Å². The lowest BCUT2D eigenvalue weighted by Gasteiger charge is -2.02. The molecule has 2 aromatic rings. The Hall–Kier alpha value is -1.62. The van der Waals surface area contributed by atoms with E-state index in [-0.39, 0.29) is 0 Å². The number of aromatic nitrogens is 3. The van der Waals surface area contributed by atoms with E-state index in [1.807, 2.05) is 24.3 Å². The zero-order chi connectivity index (χ0) is 9.97. The summed E-state index contributed by atoms with van der Waals surface area (Å²) in [5, 5.41) is 2.91. The van der Waals surface area contributed by atoms with Gasteiger partial charge in [-0.2, -0.15) is 0 Å². The highest BCUT2D eigenvalue weighted by atomic mass is 32.1. The Morgan fingerprint density at radius 2 is 2.07 bits per heavy atom. The molecule has 72 valence electrons. The maximum absolute atomic E-state index is 5.05. The zero-order valence-corrected chi connectivity index (χ0v) is 8.41. The van der Waals surface area contributed by atoms with Crippen LogP contribution in [0.4, 0.5) is 0 Å². The SMILES string of the molecule is COc1ccc(-n2cnc(=S)[nH]2)cc1. The van der Waals surface area contributed by atoms with E-state index in [1.54, 1.807) is 18.1 Å². The maximum Gasteiger partial charge on any atom is 0.213 e. The van der Waals surface area contributed by atoms with E-state index < -0.39 is 0 Å². The van der Waals surface area contributed by atoms with Crippen LogP contribution in [-0.2, 0) is 0 Å². The van der Waals surface area contributed by atoms with Crippen LogP contribution < -0.4 is 4.74 Å². The number of hydrogen-bond acceptors (Lipinski definition) is 3. The molecule has 0 atom stereocenters. The van der Waals surface area contributed by atoms with E-state index in [2.05, 4.69) is 10.1 Å². The monoisotopic (exact) mass is 207 g/mol. The summed E-state index contributed by atoms with van der Waals surface area (Å²) in [6.45, 7) is 0. The molecule has 1 N–H and O–H groups in total. The first-order chi connectivity index (χ1) is 6.79. The molecule has 1 aromatic carbocycles. The highest BCUT2D eigenvalue weighted by molar-refractivity contribution is 7.71. The van der Waals surface area contributed by atoms with Gasteiger partial charge < -0.3 is 4.74 Å². The van der Waals surface area contributed by atoms with Gasteiger partial charge in [0, 0.05) is 0 Å². The molecule has 5 heteroatoms. The van der Waals surface area contributed by atoms with Crippen molar-refractivity contribution in [3.05, 3.63) is 35.4 Å². The van der Waals surface area contributed by atoms with Crippen molar-refractivity contribution < 1.29 is 4.74 Å². The number of benzene rings is 1. The Bertz CT molecular complexity index is 471. The van der Waals surface area contributed by atoms with Gasteiger partial charge in [0.05, 0.1) is 12.8 Å². The van der Waals surface area contributed by atoms with Crippen molar-refractivity contribution >= 4 is 12.2 Å². The molecule has 0 saturated heterocycles. The van der Waals surface area contributed by atoms with Crippen molar-refractivity contribution in [2.45, 2.75) is 0 Å². The summed E-state index contributed by atoms with van der Waals surface area (Å²) in [7, 11) is 1.64. The average Bonchev–Trinajstić information content (AvgIpc) is 2.65. The third-order valence-electron chi connectivity index (χ3n) is 1.86. The summed E-state index contributed by atoms with van der Waals surface area (Å²) in [5.41, 5.74) is 0.967. The summed E-state index contributed by atoms with van der Waals surface area (Å²) in [5.74, 6) is 0.826. The number of ether oxygens (including phenoxy) is 1. The van der Waals surface area contributed by atoms with Gasteiger partial charge in [0.15, 0.2) is 0 Å². The molecular formula is C9H9N3OS. The minimum Gasteiger partial charge on any atom is -0.497 e. The fourth-order valence-electron chi connectivity index (χ4n) is 1.14. The van der Waals surface area contributed by atoms with Crippen LogP contribution in [0.3, 0.4) is 0 Å². The molecule has 0 aliphatic carbocycles. The van der Waals surface area contributed by atoms with Crippen LogP contribution in [0.5, 0.6) is 5.75 Å². The van der Waals surface area contributed by atoms with Crippen LogP contribution in [0.15, 0.2) is 30.6 Å². The molecule has 0 unspecified atom stereocenters. The molecule has 4 nitrogen and oxygen atoms in total. The van der Waals surface area contributed by atoms with Crippen LogP contribution in [0.25, 0.3) is 5.69 Å². The topological polar surface area (TPSA) is 42.8 Å². The standard InChI is InChI=1S/C9H9N3OS/c1-13-8-4-2-7(3-5-8)12-6-10-9(14)11-12/h2-6H,1H3,(H,11,14). The third-order valence-corrected chi connectivity index (χ3v) is 2.05. The number of aromatic amines is 1. The first kappa shape index (κ1) is 8.96. The fraction of sp³-hybridized carbons (Fsp3) is 0.111. The Labute approximate surface area is 86.2 Å². The lowest BCUT2D eigenvalue weighted by molar-refractivity contribution is 0.414. The molecule has 1 aromatic heterocycles. The molecule has 2 rings (SSSR count). The molecule has 0 radical (unpaired) electrons. The van der Waals surface area contributed by atoms with Crippen LogP contribution >= 0.6 is 12.2 Å². The molecule has 0 spiro atoms. The van der Waals surface area contributed by atoms with Gasteiger partial charge in [-0.05, 0) is 36.5 Å². The van der Waals surface area contributed by atoms with Gasteiger partial charge in [0.25, 0.3) is 0 Å². The second kappa shape index (κ2) is 3.63. The molecule has 0 saturated carbocycles. The van der Waals surface area contributed by atoms with Gasteiger partial charge in [-0.25, -0.2) is 9.67 Å². The van der Waals surface area contributed by atoms with Gasteiger partial charge >= 0.3 is 0 Å². The Morgan fingerprint density at radius 3 is 2.57 bits per heavy atom. The molecule has 1 heterocycles. The fourth-order valence-corrected chi connectivity index (χ4v) is 1.29. The van der Waals surface area contributed by atoms with Crippen molar-refractivity contribution in [2.75, 3.05) is 7.11 Å². The van der Waals surface area contributed by atoms with E-state index in [9.17, 15) is 0 Å². The first-order valence-corrected chi connectivity index (χ1v) is 4.48. The predicted molar refractivity (Wildman–Crippen MR) is 55.3 cm³/mol. The molecule has 0 aliphatic heterocycles. The van der Waals surface area contributed by atoms with Crippen LogP contribution in [0, 0.1) is 4.77 Å². The number of nitrogens with zero attached hydrogens (tertiary/aromatic N) is 2. The van der Waals surface area contributed by atoms with Crippen LogP contribution in [-0.4, -0.2) is 21.9 Å². The summed E-state index contributed by atoms with van der Waals surface area (Å²) in [6, 6.07) is 7.61. The molecule has 0 aliphatic rings. The van der Waals surface area contributed by atoms with Crippen molar-refractivity contribution in [2.24, 2.45) is 0 Å². The second-order valence-corrected chi connectivity index (χ2v) is 3.12. The normalized spacial score (nSPS) is 10.1. The van der Waals surface area contributed by atoms with Crippen LogP contribution in [0.1, 0.15) is 0 Å². The Morgan fingerprint density at radius 1 is 1.36 bits per heavy atom. The van der Waals surface area contributed by atoms with Crippen molar-refractivity contribution in [1.29, 1.82) is 0 Å². The third kappa shape index (κ3) is 1.67. The minimum atomic E-state index is 0.473. The lowest BCUT2D eigenvalue weighted by atomic mass is 10.3. The van der Waals surface area contributed by atoms with Gasteiger partial charge in [0.1, 0.15) is 12.1 Å². The van der Waals surface area contributed by atoms with Crippen LogP contribution in [0.2, 0.25) is 0 Å². The van der Waals surface area contributed by atoms with Gasteiger partial charge in [-0.3, -0.25) is 5.10 Å². The largest absolute Gasteiger partial charge is 0.497 e. The zero-order valence-electron chi connectivity index (χ0n) is 7.60. The molecule has 14 heavy (non-hydrogen) atoms. The quantitative estimate of drug-likeness (QED) is 0.765. The van der Waals surface area contributed by atoms with Gasteiger partial charge in [-0.1, -0.05) is 0 Å². The molecule has 0 fully saturated rings. The number of H-pyrrole nitrogens is 1. The van der Waals surface area contributed by atoms with E-state index in [1.165, 1.54) is 0 Å². The van der Waals surface area contributed by atoms with E-state index >= 15 is 0 Å². The number of hydrogen-bond donors (Lipinski definition) is 1. The van der Waals surface area contributed by atoms with E-state index in [0.29, 0.717) is 4.77 Å².